The van der Waals surface area contributed by atoms with E-state index in [1.165, 1.54) is 12.1 Å². The van der Waals surface area contributed by atoms with Crippen LogP contribution in [0.2, 0.25) is 0 Å². The lowest BCUT2D eigenvalue weighted by Gasteiger charge is -2.11. The van der Waals surface area contributed by atoms with E-state index in [1.54, 1.807) is 40.9 Å². The number of hydrogen-bond acceptors (Lipinski definition) is 5. The summed E-state index contributed by atoms with van der Waals surface area (Å²) in [6.45, 7) is 0.0995. The summed E-state index contributed by atoms with van der Waals surface area (Å²) in [5.41, 5.74) is 5.47. The molecule has 0 amide bonds. The number of carbonyl (C=O) groups is 1. The summed E-state index contributed by atoms with van der Waals surface area (Å²) in [5, 5.41) is 6.04. The van der Waals surface area contributed by atoms with Crippen LogP contribution in [-0.4, -0.2) is 34.1 Å². The average Bonchev–Trinajstić information content (AvgIpc) is 3.61. The largest absolute Gasteiger partial charge is 0.346 e. The van der Waals surface area contributed by atoms with E-state index in [2.05, 4.69) is 9.55 Å². The molecular formula is C28H23FN4O3S2. The second-order valence-corrected chi connectivity index (χ2v) is 12.0. The third-order valence-corrected chi connectivity index (χ3v) is 8.80. The molecule has 2 N–H and O–H groups in total. The summed E-state index contributed by atoms with van der Waals surface area (Å²) in [6.07, 6.45) is 7.22. The van der Waals surface area contributed by atoms with Crippen LogP contribution in [0.4, 0.5) is 4.39 Å². The number of pyridine rings is 1. The molecule has 1 atom stereocenters. The molecule has 0 bridgehead atoms. The molecule has 5 aromatic rings. The Balaban J connectivity index is 1.41. The Morgan fingerprint density at radius 2 is 1.87 bits per heavy atom. The van der Waals surface area contributed by atoms with Crippen LogP contribution in [0.1, 0.15) is 32.6 Å². The Kier molecular flexibility index (Phi) is 6.17. The summed E-state index contributed by atoms with van der Waals surface area (Å²) >= 11 is 1.74. The van der Waals surface area contributed by atoms with Crippen molar-refractivity contribution in [1.29, 1.82) is 0 Å². The van der Waals surface area contributed by atoms with Crippen molar-refractivity contribution < 1.29 is 17.6 Å². The fraction of sp³-hybridized carbons (Fsp3) is 0.143. The Bertz CT molecular complexity index is 1780. The maximum absolute atomic E-state index is 13.9. The van der Waals surface area contributed by atoms with Gasteiger partial charge in [-0.25, -0.2) is 17.9 Å². The summed E-state index contributed by atoms with van der Waals surface area (Å²) < 4.78 is 40.8. The Morgan fingerprint density at radius 3 is 2.61 bits per heavy atom. The smallest absolute Gasteiger partial charge is 0.210 e. The highest BCUT2D eigenvalue weighted by atomic mass is 32.2. The normalized spacial score (nSPS) is 15.2. The number of rotatable bonds is 7. The molecule has 0 fully saturated rings. The number of thioether (sulfide) groups is 1. The molecule has 0 aliphatic carbocycles. The number of nitrogens with zero attached hydrogens (tertiary/aromatic N) is 3. The third kappa shape index (κ3) is 4.55. The highest BCUT2D eigenvalue weighted by molar-refractivity contribution is 7.99. The van der Waals surface area contributed by atoms with E-state index in [1.807, 2.05) is 48.8 Å². The summed E-state index contributed by atoms with van der Waals surface area (Å²) in [4.78, 5) is 18.1. The quantitative estimate of drug-likeness (QED) is 0.291. The predicted molar refractivity (Wildman–Crippen MR) is 147 cm³/mol. The van der Waals surface area contributed by atoms with E-state index in [-0.39, 0.29) is 29.3 Å². The van der Waals surface area contributed by atoms with Gasteiger partial charge in [-0.2, -0.15) is 0 Å². The van der Waals surface area contributed by atoms with E-state index in [0.29, 0.717) is 27.8 Å². The van der Waals surface area contributed by atoms with Crippen LogP contribution in [0, 0.1) is 5.82 Å². The van der Waals surface area contributed by atoms with Crippen molar-refractivity contribution in [3.8, 4) is 11.1 Å². The number of benzene rings is 2. The monoisotopic (exact) mass is 546 g/mol. The van der Waals surface area contributed by atoms with Gasteiger partial charge in [-0.3, -0.25) is 9.78 Å². The molecule has 0 radical (unpaired) electrons. The number of aryl methyl sites for hydroxylation is 1. The first-order chi connectivity index (χ1) is 18.3. The molecule has 1 aliphatic rings. The van der Waals surface area contributed by atoms with Crippen molar-refractivity contribution in [3.63, 3.8) is 0 Å². The first-order valence-corrected chi connectivity index (χ1v) is 14.7. The topological polar surface area (TPSA) is 100.0 Å². The van der Waals surface area contributed by atoms with Gasteiger partial charge in [-0.15, -0.1) is 11.8 Å². The minimum Gasteiger partial charge on any atom is -0.346 e. The number of sulfonamides is 1. The van der Waals surface area contributed by atoms with Crippen LogP contribution < -0.4 is 5.14 Å². The Morgan fingerprint density at radius 1 is 1.08 bits per heavy atom. The predicted octanol–water partition coefficient (Wildman–Crippen LogP) is 4.96. The fourth-order valence-corrected chi connectivity index (χ4v) is 6.69. The molecule has 10 heteroatoms. The standard InChI is InChI=1S/C28H23FN4O3S2/c29-21-6-3-18(4-7-21)19-5-8-22-24(16-32(25(22)14-19)12-13-38(30,35)36)27(34)23-9-11-33-26(23)17-37-28(33)20-2-1-10-31-15-20/h1-11,14-16,28H,12-13,17H2,(H2,30,35,36)/t28-/m1/s1. The van der Waals surface area contributed by atoms with Crippen molar-refractivity contribution in [3.05, 3.63) is 114 Å². The SMILES string of the molecule is NS(=O)(=O)CCn1cc(C(=O)c2ccn3c2CS[C@@H]3c2cccnc2)c2ccc(-c3ccc(F)cc3)cc21. The lowest BCUT2D eigenvalue weighted by molar-refractivity contribution is 0.103. The van der Waals surface area contributed by atoms with Crippen molar-refractivity contribution in [2.75, 3.05) is 5.75 Å². The van der Waals surface area contributed by atoms with Crippen molar-refractivity contribution in [1.82, 2.24) is 14.1 Å². The highest BCUT2D eigenvalue weighted by Gasteiger charge is 2.30. The number of ketones is 1. The molecule has 0 saturated heterocycles. The molecule has 7 nitrogen and oxygen atoms in total. The number of carbonyl (C=O) groups excluding carboxylic acids is 1. The van der Waals surface area contributed by atoms with Crippen LogP contribution in [0.15, 0.2) is 85.5 Å². The number of aromatic nitrogens is 3. The maximum atomic E-state index is 13.9. The van der Waals surface area contributed by atoms with Gasteiger partial charge in [0, 0.05) is 70.4 Å². The number of nitrogens with two attached hydrogens (primary N) is 1. The van der Waals surface area contributed by atoms with Gasteiger partial charge in [0.2, 0.25) is 10.0 Å². The molecule has 0 spiro atoms. The zero-order valence-electron chi connectivity index (χ0n) is 20.1. The third-order valence-electron chi connectivity index (χ3n) is 6.79. The van der Waals surface area contributed by atoms with Gasteiger partial charge in [0.1, 0.15) is 11.2 Å². The van der Waals surface area contributed by atoms with Crippen LogP contribution in [0.25, 0.3) is 22.0 Å². The van der Waals surface area contributed by atoms with Gasteiger partial charge in [-0.1, -0.05) is 30.3 Å². The number of halogens is 1. The van der Waals surface area contributed by atoms with E-state index in [4.69, 9.17) is 5.14 Å². The van der Waals surface area contributed by atoms with Crippen LogP contribution in [0.3, 0.4) is 0 Å². The van der Waals surface area contributed by atoms with Gasteiger partial charge in [-0.05, 0) is 41.5 Å². The van der Waals surface area contributed by atoms with Crippen LogP contribution in [0.5, 0.6) is 0 Å². The molecule has 2 aromatic carbocycles. The highest BCUT2D eigenvalue weighted by Crippen LogP contribution is 2.42. The minimum atomic E-state index is -3.71. The Hall–Kier alpha value is -3.73. The van der Waals surface area contributed by atoms with Crippen molar-refractivity contribution in [2.45, 2.75) is 17.7 Å². The lowest BCUT2D eigenvalue weighted by Crippen LogP contribution is -2.20. The molecule has 4 heterocycles. The van der Waals surface area contributed by atoms with Gasteiger partial charge in [0.15, 0.2) is 5.78 Å². The van der Waals surface area contributed by atoms with Gasteiger partial charge in [0.05, 0.1) is 5.75 Å². The van der Waals surface area contributed by atoms with Gasteiger partial charge >= 0.3 is 0 Å². The number of primary sulfonamides is 1. The van der Waals surface area contributed by atoms with E-state index >= 15 is 0 Å². The molecule has 3 aromatic heterocycles. The molecule has 1 aliphatic heterocycles. The van der Waals surface area contributed by atoms with Crippen molar-refractivity contribution >= 4 is 38.5 Å². The molecule has 192 valence electrons. The van der Waals surface area contributed by atoms with E-state index in [0.717, 1.165) is 22.4 Å². The molecule has 0 unspecified atom stereocenters. The average molecular weight is 547 g/mol. The molecule has 38 heavy (non-hydrogen) atoms. The first kappa shape index (κ1) is 24.6. The van der Waals surface area contributed by atoms with E-state index < -0.39 is 10.0 Å². The summed E-state index contributed by atoms with van der Waals surface area (Å²) in [7, 11) is -3.71. The summed E-state index contributed by atoms with van der Waals surface area (Å²) in [5.74, 6) is -0.0359. The minimum absolute atomic E-state index is 0.0506. The number of hydrogen-bond donors (Lipinski definition) is 1. The summed E-state index contributed by atoms with van der Waals surface area (Å²) in [6, 6.07) is 17.5. The zero-order chi connectivity index (χ0) is 26.4. The molecular weight excluding hydrogens is 523 g/mol. The second-order valence-electron chi connectivity index (χ2n) is 9.20. The fourth-order valence-electron chi connectivity index (χ4n) is 4.93. The zero-order valence-corrected chi connectivity index (χ0v) is 21.8. The van der Waals surface area contributed by atoms with E-state index in [9.17, 15) is 17.6 Å². The van der Waals surface area contributed by atoms with Gasteiger partial charge in [0.25, 0.3) is 0 Å². The molecule has 6 rings (SSSR count). The van der Waals surface area contributed by atoms with Gasteiger partial charge < -0.3 is 9.13 Å². The van der Waals surface area contributed by atoms with Crippen LogP contribution in [-0.2, 0) is 22.3 Å². The molecule has 0 saturated carbocycles. The van der Waals surface area contributed by atoms with Crippen molar-refractivity contribution in [2.24, 2.45) is 5.14 Å². The first-order valence-electron chi connectivity index (χ1n) is 11.9. The Labute approximate surface area is 223 Å². The maximum Gasteiger partial charge on any atom is 0.210 e. The second kappa shape index (κ2) is 9.54. The number of fused-ring (bicyclic) bond motifs is 2. The van der Waals surface area contributed by atoms with Crippen LogP contribution >= 0.6 is 11.8 Å². The lowest BCUT2D eigenvalue weighted by atomic mass is 10.00.